The van der Waals surface area contributed by atoms with Crippen LogP contribution in [0.4, 0.5) is 4.79 Å². The molecule has 2 aromatic carbocycles. The Kier molecular flexibility index (Phi) is 7.04. The van der Waals surface area contributed by atoms with Gasteiger partial charge in [0.15, 0.2) is 5.41 Å². The molecule has 9 heteroatoms. The van der Waals surface area contributed by atoms with Crippen LogP contribution in [0.3, 0.4) is 0 Å². The van der Waals surface area contributed by atoms with Crippen LogP contribution in [-0.4, -0.2) is 38.3 Å². The number of carbonyl (C=O) groups is 1. The molecule has 0 unspecified atom stereocenters. The van der Waals surface area contributed by atoms with Crippen molar-refractivity contribution in [3.8, 4) is 29.7 Å². The number of nitrogens with two attached hydrogens (primary N) is 1. The SMILES string of the molecule is COc1ccc(OC)c([C@@H]2[C@@H]3CN(C(=O)OCc4ccccc4)CC=C3C(C#N)=C(N)C2(C#N)C#N)c1. The maximum atomic E-state index is 13.0. The van der Waals surface area contributed by atoms with Gasteiger partial charge in [-0.3, -0.25) is 0 Å². The Hall–Kier alpha value is -4.94. The first-order valence-electron chi connectivity index (χ1n) is 11.5. The molecule has 1 aliphatic carbocycles. The molecule has 37 heavy (non-hydrogen) atoms. The average Bonchev–Trinajstić information content (AvgIpc) is 2.95. The van der Waals surface area contributed by atoms with Gasteiger partial charge < -0.3 is 24.8 Å². The second-order valence-electron chi connectivity index (χ2n) is 8.73. The first-order valence-corrected chi connectivity index (χ1v) is 11.5. The molecule has 0 fully saturated rings. The third kappa shape index (κ3) is 4.30. The lowest BCUT2D eigenvalue weighted by atomic mass is 9.58. The van der Waals surface area contributed by atoms with Crippen molar-refractivity contribution in [3.63, 3.8) is 0 Å². The molecule has 1 amide bonds. The second kappa shape index (κ2) is 10.4. The van der Waals surface area contributed by atoms with Gasteiger partial charge in [0.2, 0.25) is 0 Å². The van der Waals surface area contributed by atoms with Crippen LogP contribution < -0.4 is 15.2 Å². The van der Waals surface area contributed by atoms with E-state index in [9.17, 15) is 20.6 Å². The molecule has 0 aromatic heterocycles. The highest BCUT2D eigenvalue weighted by Gasteiger charge is 2.55. The molecule has 0 saturated heterocycles. The molecule has 0 saturated carbocycles. The van der Waals surface area contributed by atoms with Crippen molar-refractivity contribution in [1.82, 2.24) is 4.90 Å². The summed E-state index contributed by atoms with van der Waals surface area (Å²) in [6, 6.07) is 20.7. The van der Waals surface area contributed by atoms with Gasteiger partial charge in [0, 0.05) is 30.5 Å². The van der Waals surface area contributed by atoms with Gasteiger partial charge in [-0.2, -0.15) is 15.8 Å². The summed E-state index contributed by atoms with van der Waals surface area (Å²) in [5.74, 6) is -0.549. The van der Waals surface area contributed by atoms with E-state index in [2.05, 4.69) is 18.2 Å². The third-order valence-electron chi connectivity index (χ3n) is 6.90. The van der Waals surface area contributed by atoms with Crippen LogP contribution in [0.5, 0.6) is 11.5 Å². The fourth-order valence-corrected chi connectivity index (χ4v) is 5.07. The summed E-state index contributed by atoms with van der Waals surface area (Å²) in [6.45, 7) is 0.390. The van der Waals surface area contributed by atoms with Crippen LogP contribution in [0.25, 0.3) is 0 Å². The van der Waals surface area contributed by atoms with Crippen molar-refractivity contribution in [3.05, 3.63) is 82.6 Å². The summed E-state index contributed by atoms with van der Waals surface area (Å²) in [7, 11) is 2.99. The van der Waals surface area contributed by atoms with E-state index in [1.165, 1.54) is 19.1 Å². The minimum Gasteiger partial charge on any atom is -0.497 e. The molecule has 0 spiro atoms. The molecule has 2 atom stereocenters. The molecule has 4 rings (SSSR count). The topological polar surface area (TPSA) is 145 Å². The quantitative estimate of drug-likeness (QED) is 0.660. The lowest BCUT2D eigenvalue weighted by Crippen LogP contribution is -2.49. The summed E-state index contributed by atoms with van der Waals surface area (Å²) in [6.07, 6.45) is 1.19. The van der Waals surface area contributed by atoms with Crippen molar-refractivity contribution in [1.29, 1.82) is 15.8 Å². The Bertz CT molecular complexity index is 1380. The first-order chi connectivity index (χ1) is 17.9. The number of nitriles is 3. The van der Waals surface area contributed by atoms with E-state index >= 15 is 0 Å². The maximum absolute atomic E-state index is 13.0. The molecule has 186 valence electrons. The van der Waals surface area contributed by atoms with Crippen molar-refractivity contribution in [2.45, 2.75) is 12.5 Å². The zero-order valence-corrected chi connectivity index (χ0v) is 20.5. The highest BCUT2D eigenvalue weighted by molar-refractivity contribution is 5.70. The summed E-state index contributed by atoms with van der Waals surface area (Å²) in [5.41, 5.74) is 6.42. The van der Waals surface area contributed by atoms with E-state index < -0.39 is 23.3 Å². The second-order valence-corrected chi connectivity index (χ2v) is 8.73. The molecule has 1 aliphatic heterocycles. The minimum atomic E-state index is -1.89. The largest absolute Gasteiger partial charge is 0.497 e. The number of ether oxygens (including phenoxy) is 3. The number of fused-ring (bicyclic) bond motifs is 1. The molecule has 1 heterocycles. The number of methoxy groups -OCH3 is 2. The van der Waals surface area contributed by atoms with Gasteiger partial charge in [-0.15, -0.1) is 0 Å². The van der Waals surface area contributed by atoms with E-state index in [4.69, 9.17) is 19.9 Å². The zero-order chi connectivity index (χ0) is 26.6. The van der Waals surface area contributed by atoms with Crippen molar-refractivity contribution >= 4 is 6.09 Å². The summed E-state index contributed by atoms with van der Waals surface area (Å²) in [5, 5.41) is 30.6. The van der Waals surface area contributed by atoms with Gasteiger partial charge in [-0.05, 0) is 29.3 Å². The Morgan fingerprint density at radius 2 is 1.84 bits per heavy atom. The standard InChI is InChI=1S/C28H25N5O4/c1-35-19-8-9-24(36-2)21(12-19)25-23-14-33(27(34)37-15-18-6-4-3-5-7-18)11-10-20(23)22(13-29)26(32)28(25,16-30)17-31/h3-10,12,23,25H,11,14-15,32H2,1-2H3/t23-,25-/m1/s1. The van der Waals surface area contributed by atoms with E-state index in [0.29, 0.717) is 22.6 Å². The van der Waals surface area contributed by atoms with E-state index in [0.717, 1.165) is 5.56 Å². The highest BCUT2D eigenvalue weighted by Crippen LogP contribution is 2.56. The number of allylic oxidation sites excluding steroid dienone is 2. The smallest absolute Gasteiger partial charge is 0.410 e. The van der Waals surface area contributed by atoms with Crippen LogP contribution >= 0.6 is 0 Å². The van der Waals surface area contributed by atoms with Crippen LogP contribution in [0.15, 0.2) is 71.5 Å². The van der Waals surface area contributed by atoms with Gasteiger partial charge >= 0.3 is 6.09 Å². The average molecular weight is 496 g/mol. The van der Waals surface area contributed by atoms with Gasteiger partial charge in [0.1, 0.15) is 24.2 Å². The number of nitrogens with zero attached hydrogens (tertiary/aromatic N) is 4. The van der Waals surface area contributed by atoms with Crippen LogP contribution in [0.2, 0.25) is 0 Å². The van der Waals surface area contributed by atoms with Gasteiger partial charge in [0.25, 0.3) is 0 Å². The summed E-state index contributed by atoms with van der Waals surface area (Å²) in [4.78, 5) is 14.5. The van der Waals surface area contributed by atoms with Crippen molar-refractivity contribution in [2.24, 2.45) is 17.1 Å². The number of benzene rings is 2. The fraction of sp³-hybridized carbons (Fsp3) is 0.286. The highest BCUT2D eigenvalue weighted by atomic mass is 16.6. The summed E-state index contributed by atoms with van der Waals surface area (Å²) >= 11 is 0. The Balaban J connectivity index is 1.80. The number of hydrogen-bond donors (Lipinski definition) is 1. The van der Waals surface area contributed by atoms with E-state index in [-0.39, 0.29) is 31.0 Å². The van der Waals surface area contributed by atoms with Gasteiger partial charge in [-0.25, -0.2) is 4.79 Å². The number of carbonyl (C=O) groups excluding carboxylic acids is 1. The molecular formula is C28H25N5O4. The van der Waals surface area contributed by atoms with E-state index in [1.54, 1.807) is 24.3 Å². The number of rotatable bonds is 5. The Labute approximate surface area is 215 Å². The Morgan fingerprint density at radius 1 is 1.11 bits per heavy atom. The fourth-order valence-electron chi connectivity index (χ4n) is 5.07. The zero-order valence-electron chi connectivity index (χ0n) is 20.5. The predicted octanol–water partition coefficient (Wildman–Crippen LogP) is 3.77. The molecule has 2 N–H and O–H groups in total. The molecule has 2 aromatic rings. The van der Waals surface area contributed by atoms with Gasteiger partial charge in [0.05, 0.1) is 37.6 Å². The van der Waals surface area contributed by atoms with Gasteiger partial charge in [-0.1, -0.05) is 36.4 Å². The number of amides is 1. The van der Waals surface area contributed by atoms with E-state index in [1.807, 2.05) is 30.3 Å². The third-order valence-corrected chi connectivity index (χ3v) is 6.90. The van der Waals surface area contributed by atoms with Crippen molar-refractivity contribution in [2.75, 3.05) is 27.3 Å². The molecule has 0 radical (unpaired) electrons. The van der Waals surface area contributed by atoms with Crippen LogP contribution in [-0.2, 0) is 11.3 Å². The molecular weight excluding hydrogens is 470 g/mol. The maximum Gasteiger partial charge on any atom is 0.410 e. The minimum absolute atomic E-state index is 0.0866. The lowest BCUT2D eigenvalue weighted by Gasteiger charge is -2.45. The predicted molar refractivity (Wildman–Crippen MR) is 133 cm³/mol. The molecule has 9 nitrogen and oxygen atoms in total. The molecule has 0 bridgehead atoms. The van der Waals surface area contributed by atoms with Crippen LogP contribution in [0.1, 0.15) is 17.0 Å². The lowest BCUT2D eigenvalue weighted by molar-refractivity contribution is 0.0897. The normalized spacial score (nSPS) is 19.9. The van der Waals surface area contributed by atoms with Crippen LogP contribution in [0, 0.1) is 45.3 Å². The summed E-state index contributed by atoms with van der Waals surface area (Å²) < 4.78 is 16.5. The Morgan fingerprint density at radius 3 is 2.46 bits per heavy atom. The van der Waals surface area contributed by atoms with Crippen molar-refractivity contribution < 1.29 is 19.0 Å². The monoisotopic (exact) mass is 495 g/mol. The first kappa shape index (κ1) is 25.2. The number of hydrogen-bond acceptors (Lipinski definition) is 8. The molecule has 2 aliphatic rings.